The summed E-state index contributed by atoms with van der Waals surface area (Å²) in [4.78, 5) is 0. The molecule has 1 aromatic heterocycles. The maximum absolute atomic E-state index is 5.41. The SMILES string of the molecule is CCc1c(NCCCN)cnn1C. The van der Waals surface area contributed by atoms with Crippen molar-refractivity contribution in [2.24, 2.45) is 12.8 Å². The Hall–Kier alpha value is -1.03. The van der Waals surface area contributed by atoms with Crippen LogP contribution < -0.4 is 11.1 Å². The van der Waals surface area contributed by atoms with Gasteiger partial charge in [0.05, 0.1) is 17.6 Å². The van der Waals surface area contributed by atoms with Crippen LogP contribution in [0.5, 0.6) is 0 Å². The number of nitrogens with one attached hydrogen (secondary N) is 1. The molecule has 0 unspecified atom stereocenters. The molecule has 0 aliphatic heterocycles. The Bertz CT molecular complexity index is 254. The van der Waals surface area contributed by atoms with Crippen LogP contribution in [0.25, 0.3) is 0 Å². The fourth-order valence-corrected chi connectivity index (χ4v) is 1.35. The molecule has 0 aliphatic carbocycles. The molecule has 0 spiro atoms. The van der Waals surface area contributed by atoms with Crippen LogP contribution in [0.3, 0.4) is 0 Å². The molecule has 4 heteroatoms. The first-order valence-electron chi connectivity index (χ1n) is 4.74. The van der Waals surface area contributed by atoms with Crippen LogP contribution in [-0.4, -0.2) is 22.9 Å². The van der Waals surface area contributed by atoms with Gasteiger partial charge in [0.1, 0.15) is 0 Å². The third kappa shape index (κ3) is 2.45. The summed E-state index contributed by atoms with van der Waals surface area (Å²) >= 11 is 0. The lowest BCUT2D eigenvalue weighted by atomic mass is 10.3. The summed E-state index contributed by atoms with van der Waals surface area (Å²) in [5.74, 6) is 0. The van der Waals surface area contributed by atoms with Crippen molar-refractivity contribution in [2.75, 3.05) is 18.4 Å². The molecule has 0 aliphatic rings. The van der Waals surface area contributed by atoms with E-state index < -0.39 is 0 Å². The second-order valence-electron chi connectivity index (χ2n) is 3.05. The predicted octanol–water partition coefficient (Wildman–Crippen LogP) is 0.743. The first-order chi connectivity index (χ1) is 6.29. The van der Waals surface area contributed by atoms with Crippen LogP contribution in [0.15, 0.2) is 6.20 Å². The average molecular weight is 182 g/mol. The fraction of sp³-hybridized carbons (Fsp3) is 0.667. The predicted molar refractivity (Wildman–Crippen MR) is 54.7 cm³/mol. The van der Waals surface area contributed by atoms with Crippen molar-refractivity contribution in [3.63, 3.8) is 0 Å². The molecular weight excluding hydrogens is 164 g/mol. The maximum Gasteiger partial charge on any atom is 0.0758 e. The molecule has 3 N–H and O–H groups in total. The Balaban J connectivity index is 2.55. The van der Waals surface area contributed by atoms with Crippen LogP contribution in [0, 0.1) is 0 Å². The van der Waals surface area contributed by atoms with Gasteiger partial charge in [0.25, 0.3) is 0 Å². The Morgan fingerprint density at radius 1 is 1.62 bits per heavy atom. The zero-order valence-electron chi connectivity index (χ0n) is 8.38. The summed E-state index contributed by atoms with van der Waals surface area (Å²) in [6, 6.07) is 0. The molecule has 1 heterocycles. The third-order valence-electron chi connectivity index (χ3n) is 2.09. The Morgan fingerprint density at radius 2 is 2.38 bits per heavy atom. The van der Waals surface area contributed by atoms with E-state index in [-0.39, 0.29) is 0 Å². The number of rotatable bonds is 5. The van der Waals surface area contributed by atoms with E-state index in [0.29, 0.717) is 0 Å². The molecule has 0 radical (unpaired) electrons. The van der Waals surface area contributed by atoms with E-state index in [1.807, 2.05) is 17.9 Å². The van der Waals surface area contributed by atoms with Crippen molar-refractivity contribution in [1.82, 2.24) is 9.78 Å². The number of hydrogen-bond donors (Lipinski definition) is 2. The van der Waals surface area contributed by atoms with E-state index in [2.05, 4.69) is 17.3 Å². The molecule has 0 amide bonds. The van der Waals surface area contributed by atoms with Gasteiger partial charge in [-0.25, -0.2) is 0 Å². The maximum atomic E-state index is 5.41. The molecule has 4 nitrogen and oxygen atoms in total. The standard InChI is InChI=1S/C9H18N4/c1-3-9-8(7-12-13(9)2)11-6-4-5-10/h7,11H,3-6,10H2,1-2H3. The normalized spacial score (nSPS) is 10.4. The minimum Gasteiger partial charge on any atom is -0.382 e. The van der Waals surface area contributed by atoms with E-state index >= 15 is 0 Å². The smallest absolute Gasteiger partial charge is 0.0758 e. The molecule has 0 bridgehead atoms. The molecule has 0 atom stereocenters. The first kappa shape index (κ1) is 10.1. The summed E-state index contributed by atoms with van der Waals surface area (Å²) in [6.45, 7) is 3.79. The summed E-state index contributed by atoms with van der Waals surface area (Å²) in [6.07, 6.45) is 3.87. The highest BCUT2D eigenvalue weighted by atomic mass is 15.3. The highest BCUT2D eigenvalue weighted by Gasteiger charge is 2.04. The quantitative estimate of drug-likeness (QED) is 0.660. The summed E-state index contributed by atoms with van der Waals surface area (Å²) < 4.78 is 1.91. The monoisotopic (exact) mass is 182 g/mol. The zero-order valence-corrected chi connectivity index (χ0v) is 8.38. The van der Waals surface area contributed by atoms with E-state index in [9.17, 15) is 0 Å². The van der Waals surface area contributed by atoms with Gasteiger partial charge in [0.2, 0.25) is 0 Å². The largest absolute Gasteiger partial charge is 0.382 e. The summed E-state index contributed by atoms with van der Waals surface area (Å²) in [7, 11) is 1.97. The fourth-order valence-electron chi connectivity index (χ4n) is 1.35. The molecule has 1 aromatic rings. The molecule has 0 saturated carbocycles. The van der Waals surface area contributed by atoms with Crippen molar-refractivity contribution >= 4 is 5.69 Å². The van der Waals surface area contributed by atoms with Gasteiger partial charge < -0.3 is 11.1 Å². The van der Waals surface area contributed by atoms with Crippen molar-refractivity contribution < 1.29 is 0 Å². The Labute approximate surface area is 79.1 Å². The van der Waals surface area contributed by atoms with Crippen LogP contribution in [0.2, 0.25) is 0 Å². The van der Waals surface area contributed by atoms with Gasteiger partial charge >= 0.3 is 0 Å². The van der Waals surface area contributed by atoms with Crippen molar-refractivity contribution in [2.45, 2.75) is 19.8 Å². The van der Waals surface area contributed by atoms with Gasteiger partial charge in [0, 0.05) is 13.6 Å². The van der Waals surface area contributed by atoms with Gasteiger partial charge in [-0.1, -0.05) is 6.92 Å². The molecule has 0 saturated heterocycles. The molecule has 74 valence electrons. The number of nitrogens with zero attached hydrogens (tertiary/aromatic N) is 2. The van der Waals surface area contributed by atoms with Crippen LogP contribution in [-0.2, 0) is 13.5 Å². The molecule has 0 fully saturated rings. The van der Waals surface area contributed by atoms with Gasteiger partial charge in [-0.05, 0) is 19.4 Å². The molecule has 0 aromatic carbocycles. The van der Waals surface area contributed by atoms with E-state index in [4.69, 9.17) is 5.73 Å². The number of hydrogen-bond acceptors (Lipinski definition) is 3. The molecular formula is C9H18N4. The zero-order chi connectivity index (χ0) is 9.68. The minimum absolute atomic E-state index is 0.731. The highest BCUT2D eigenvalue weighted by Crippen LogP contribution is 2.13. The van der Waals surface area contributed by atoms with Crippen LogP contribution in [0.1, 0.15) is 19.0 Å². The molecule has 13 heavy (non-hydrogen) atoms. The Kier molecular flexibility index (Phi) is 3.76. The first-order valence-corrected chi connectivity index (χ1v) is 4.74. The number of aryl methyl sites for hydroxylation is 1. The van der Waals surface area contributed by atoms with Gasteiger partial charge in [-0.2, -0.15) is 5.10 Å². The number of aromatic nitrogens is 2. The van der Waals surface area contributed by atoms with E-state index in [0.717, 1.165) is 31.6 Å². The Morgan fingerprint density at radius 3 is 3.00 bits per heavy atom. The lowest BCUT2D eigenvalue weighted by Crippen LogP contribution is -2.09. The number of anilines is 1. The second-order valence-corrected chi connectivity index (χ2v) is 3.05. The van der Waals surface area contributed by atoms with Crippen LogP contribution >= 0.6 is 0 Å². The van der Waals surface area contributed by atoms with Crippen molar-refractivity contribution in [3.8, 4) is 0 Å². The highest BCUT2D eigenvalue weighted by molar-refractivity contribution is 5.46. The van der Waals surface area contributed by atoms with E-state index in [1.54, 1.807) is 0 Å². The van der Waals surface area contributed by atoms with E-state index in [1.165, 1.54) is 5.69 Å². The topological polar surface area (TPSA) is 55.9 Å². The summed E-state index contributed by atoms with van der Waals surface area (Å²) in [5, 5.41) is 7.51. The lowest BCUT2D eigenvalue weighted by molar-refractivity contribution is 0.718. The molecule has 1 rings (SSSR count). The van der Waals surface area contributed by atoms with Crippen LogP contribution in [0.4, 0.5) is 5.69 Å². The van der Waals surface area contributed by atoms with Gasteiger partial charge in [-0.15, -0.1) is 0 Å². The summed E-state index contributed by atoms with van der Waals surface area (Å²) in [5.41, 5.74) is 7.79. The minimum atomic E-state index is 0.731. The lowest BCUT2D eigenvalue weighted by Gasteiger charge is -2.05. The van der Waals surface area contributed by atoms with Gasteiger partial charge in [0.15, 0.2) is 0 Å². The van der Waals surface area contributed by atoms with Crippen molar-refractivity contribution in [1.29, 1.82) is 0 Å². The number of nitrogens with two attached hydrogens (primary N) is 1. The van der Waals surface area contributed by atoms with Crippen molar-refractivity contribution in [3.05, 3.63) is 11.9 Å². The second kappa shape index (κ2) is 4.87. The van der Waals surface area contributed by atoms with Gasteiger partial charge in [-0.3, -0.25) is 4.68 Å². The third-order valence-corrected chi connectivity index (χ3v) is 2.09. The average Bonchev–Trinajstić information content (AvgIpc) is 2.47.